The maximum atomic E-state index is 11.2. The molecular weight excluding hydrogens is 234 g/mol. The monoisotopic (exact) mass is 259 g/mol. The smallest absolute Gasteiger partial charge is 0.323 e. The number of hydrogen-bond donors (Lipinski definition) is 2. The van der Waals surface area contributed by atoms with Gasteiger partial charge in [0, 0.05) is 19.8 Å². The van der Waals surface area contributed by atoms with Crippen molar-refractivity contribution < 1.29 is 19.4 Å². The number of hydrogen-bond acceptors (Lipinski definition) is 4. The molecule has 0 amide bonds. The van der Waals surface area contributed by atoms with Crippen LogP contribution in [0.25, 0.3) is 0 Å². The molecule has 5 heteroatoms. The topological polar surface area (TPSA) is 67.8 Å². The molecule has 1 fully saturated rings. The molecule has 1 saturated heterocycles. The van der Waals surface area contributed by atoms with Crippen LogP contribution in [0.5, 0.6) is 0 Å². The second kappa shape index (κ2) is 7.71. The molecule has 18 heavy (non-hydrogen) atoms. The molecule has 1 heterocycles. The summed E-state index contributed by atoms with van der Waals surface area (Å²) in [7, 11) is 0. The molecule has 0 aliphatic carbocycles. The van der Waals surface area contributed by atoms with Gasteiger partial charge in [-0.15, -0.1) is 0 Å². The van der Waals surface area contributed by atoms with Crippen LogP contribution in [-0.4, -0.2) is 49.1 Å². The van der Waals surface area contributed by atoms with Crippen LogP contribution < -0.4 is 5.32 Å². The van der Waals surface area contributed by atoms with Crippen molar-refractivity contribution in [2.75, 3.05) is 26.4 Å². The lowest BCUT2D eigenvalue weighted by atomic mass is 9.96. The van der Waals surface area contributed by atoms with Gasteiger partial charge in [-0.1, -0.05) is 6.92 Å². The molecule has 1 atom stereocenters. The highest BCUT2D eigenvalue weighted by Crippen LogP contribution is 2.15. The van der Waals surface area contributed by atoms with Gasteiger partial charge in [0.25, 0.3) is 0 Å². The molecule has 0 aromatic rings. The van der Waals surface area contributed by atoms with Crippen molar-refractivity contribution in [3.8, 4) is 0 Å². The molecule has 0 aromatic carbocycles. The van der Waals surface area contributed by atoms with Crippen molar-refractivity contribution in [2.45, 2.75) is 51.2 Å². The molecule has 1 unspecified atom stereocenters. The van der Waals surface area contributed by atoms with E-state index in [2.05, 4.69) is 5.32 Å². The van der Waals surface area contributed by atoms with E-state index in [1.54, 1.807) is 6.92 Å². The van der Waals surface area contributed by atoms with Gasteiger partial charge >= 0.3 is 5.97 Å². The molecule has 0 aromatic heterocycles. The number of aliphatic carboxylic acids is 1. The van der Waals surface area contributed by atoms with E-state index < -0.39 is 11.5 Å². The molecule has 0 saturated carbocycles. The molecule has 106 valence electrons. The number of carboxylic acids is 1. The quantitative estimate of drug-likeness (QED) is 0.645. The van der Waals surface area contributed by atoms with Gasteiger partial charge in [-0.25, -0.2) is 0 Å². The van der Waals surface area contributed by atoms with E-state index in [0.29, 0.717) is 19.6 Å². The minimum atomic E-state index is -0.839. The van der Waals surface area contributed by atoms with Crippen LogP contribution in [0.2, 0.25) is 0 Å². The van der Waals surface area contributed by atoms with E-state index in [1.807, 2.05) is 6.92 Å². The fraction of sp³-hybridized carbons (Fsp3) is 0.923. The Labute approximate surface area is 109 Å². The molecule has 0 radical (unpaired) electrons. The van der Waals surface area contributed by atoms with E-state index in [-0.39, 0.29) is 6.10 Å². The largest absolute Gasteiger partial charge is 0.480 e. The molecule has 2 N–H and O–H groups in total. The van der Waals surface area contributed by atoms with Gasteiger partial charge in [0.05, 0.1) is 6.10 Å². The van der Waals surface area contributed by atoms with Gasteiger partial charge < -0.3 is 19.9 Å². The zero-order valence-electron chi connectivity index (χ0n) is 11.4. The minimum absolute atomic E-state index is 0.286. The fourth-order valence-corrected chi connectivity index (χ4v) is 2.18. The summed E-state index contributed by atoms with van der Waals surface area (Å²) < 4.78 is 11.0. The first-order valence-corrected chi connectivity index (χ1v) is 6.76. The second-order valence-electron chi connectivity index (χ2n) is 4.95. The molecule has 1 aliphatic heterocycles. The Morgan fingerprint density at radius 2 is 2.17 bits per heavy atom. The van der Waals surface area contributed by atoms with E-state index in [9.17, 15) is 9.90 Å². The van der Waals surface area contributed by atoms with E-state index in [4.69, 9.17) is 9.47 Å². The lowest BCUT2D eigenvalue weighted by Crippen LogP contribution is -2.49. The maximum absolute atomic E-state index is 11.2. The van der Waals surface area contributed by atoms with Crippen LogP contribution in [0.3, 0.4) is 0 Å². The number of nitrogens with one attached hydrogen (secondary N) is 1. The molecule has 0 spiro atoms. The van der Waals surface area contributed by atoms with Crippen molar-refractivity contribution in [3.63, 3.8) is 0 Å². The Hall–Kier alpha value is -0.650. The Balaban J connectivity index is 2.20. The Kier molecular flexibility index (Phi) is 6.60. The second-order valence-corrected chi connectivity index (χ2v) is 4.95. The summed E-state index contributed by atoms with van der Waals surface area (Å²) in [4.78, 5) is 11.2. The van der Waals surface area contributed by atoms with Gasteiger partial charge in [-0.3, -0.25) is 4.79 Å². The summed E-state index contributed by atoms with van der Waals surface area (Å²) >= 11 is 0. The molecule has 1 rings (SSSR count). The Morgan fingerprint density at radius 1 is 1.50 bits per heavy atom. The number of carboxylic acid groups (broad SMARTS) is 1. The van der Waals surface area contributed by atoms with Crippen molar-refractivity contribution in [2.24, 2.45) is 0 Å². The molecule has 1 aliphatic rings. The van der Waals surface area contributed by atoms with Crippen molar-refractivity contribution in [3.05, 3.63) is 0 Å². The van der Waals surface area contributed by atoms with Gasteiger partial charge in [0.2, 0.25) is 0 Å². The van der Waals surface area contributed by atoms with Crippen molar-refractivity contribution in [1.82, 2.24) is 5.32 Å². The van der Waals surface area contributed by atoms with Crippen LogP contribution in [0.1, 0.15) is 39.5 Å². The van der Waals surface area contributed by atoms with Gasteiger partial charge in [0.1, 0.15) is 5.54 Å². The number of rotatable bonds is 8. The Morgan fingerprint density at radius 3 is 2.72 bits per heavy atom. The standard InChI is InChI=1S/C13H25NO4/c1-3-14-13(2,12(15)16)7-4-8-18-11-5-9-17-10-6-11/h11,14H,3-10H2,1-2H3,(H,15,16). The molecule has 0 bridgehead atoms. The van der Waals surface area contributed by atoms with Crippen LogP contribution in [0, 0.1) is 0 Å². The lowest BCUT2D eigenvalue weighted by Gasteiger charge is -2.27. The van der Waals surface area contributed by atoms with E-state index >= 15 is 0 Å². The summed E-state index contributed by atoms with van der Waals surface area (Å²) in [6.07, 6.45) is 3.52. The van der Waals surface area contributed by atoms with Gasteiger partial charge in [-0.2, -0.15) is 0 Å². The number of ether oxygens (including phenoxy) is 2. The number of likely N-dealkylation sites (N-methyl/N-ethyl adjacent to an activating group) is 1. The average molecular weight is 259 g/mol. The van der Waals surface area contributed by atoms with Gasteiger partial charge in [0.15, 0.2) is 0 Å². The van der Waals surface area contributed by atoms with E-state index in [1.165, 1.54) is 0 Å². The maximum Gasteiger partial charge on any atom is 0.323 e. The first-order valence-electron chi connectivity index (χ1n) is 6.76. The molecular formula is C13H25NO4. The van der Waals surface area contributed by atoms with Gasteiger partial charge in [-0.05, 0) is 39.2 Å². The average Bonchev–Trinajstić information content (AvgIpc) is 2.36. The zero-order chi connectivity index (χ0) is 13.4. The van der Waals surface area contributed by atoms with Crippen molar-refractivity contribution in [1.29, 1.82) is 0 Å². The predicted molar refractivity (Wildman–Crippen MR) is 68.7 cm³/mol. The van der Waals surface area contributed by atoms with Crippen molar-refractivity contribution >= 4 is 5.97 Å². The highest BCUT2D eigenvalue weighted by atomic mass is 16.5. The third kappa shape index (κ3) is 4.92. The van der Waals surface area contributed by atoms with Crippen LogP contribution >= 0.6 is 0 Å². The third-order valence-electron chi connectivity index (χ3n) is 3.38. The lowest BCUT2D eigenvalue weighted by molar-refractivity contribution is -0.144. The summed E-state index contributed by atoms with van der Waals surface area (Å²) in [5.41, 5.74) is -0.839. The first kappa shape index (κ1) is 15.4. The number of carbonyl (C=O) groups is 1. The first-order chi connectivity index (χ1) is 8.58. The van der Waals surface area contributed by atoms with Crippen LogP contribution in [0.4, 0.5) is 0 Å². The summed E-state index contributed by atoms with van der Waals surface area (Å²) in [5.74, 6) is -0.796. The highest BCUT2D eigenvalue weighted by Gasteiger charge is 2.31. The summed E-state index contributed by atoms with van der Waals surface area (Å²) in [6.45, 7) is 6.47. The summed E-state index contributed by atoms with van der Waals surface area (Å²) in [5, 5.41) is 12.2. The van der Waals surface area contributed by atoms with Crippen LogP contribution in [-0.2, 0) is 14.3 Å². The third-order valence-corrected chi connectivity index (χ3v) is 3.38. The highest BCUT2D eigenvalue weighted by molar-refractivity contribution is 5.78. The molecule has 5 nitrogen and oxygen atoms in total. The SMILES string of the molecule is CCNC(C)(CCCOC1CCOCC1)C(=O)O. The predicted octanol–water partition coefficient (Wildman–Crippen LogP) is 1.41. The normalized spacial score (nSPS) is 20.6. The van der Waals surface area contributed by atoms with E-state index in [0.717, 1.165) is 32.5 Å². The zero-order valence-corrected chi connectivity index (χ0v) is 11.4. The van der Waals surface area contributed by atoms with Crippen LogP contribution in [0.15, 0.2) is 0 Å². The minimum Gasteiger partial charge on any atom is -0.480 e. The summed E-state index contributed by atoms with van der Waals surface area (Å²) in [6, 6.07) is 0. The fourth-order valence-electron chi connectivity index (χ4n) is 2.18. The Bertz CT molecular complexity index is 253.